The number of rotatable bonds is 12. The van der Waals surface area contributed by atoms with E-state index in [0.717, 1.165) is 31.6 Å². The SMILES string of the molecule is CCC(/C=C1\Oc2ccc(Cl)cc2N1CCCS(=O)(=O)[O-])=C\c1oc2ccc(-c3cc4ccccc4s3)cc2[n+]1CCCS(=O)(=O)[O-]. The Morgan fingerprint density at radius 2 is 1.74 bits per heavy atom. The largest absolute Gasteiger partial charge is 0.748 e. The highest BCUT2D eigenvalue weighted by atomic mass is 35.5. The molecule has 3 aromatic carbocycles. The molecule has 246 valence electrons. The molecule has 1 aliphatic rings. The number of nitrogens with zero attached hydrogens (tertiary/aromatic N) is 2. The molecule has 10 nitrogen and oxygen atoms in total. The van der Waals surface area contributed by atoms with Crippen LogP contribution in [0.1, 0.15) is 32.1 Å². The monoisotopic (exact) mass is 713 g/mol. The van der Waals surface area contributed by atoms with Crippen LogP contribution in [0.5, 0.6) is 5.75 Å². The van der Waals surface area contributed by atoms with E-state index in [0.29, 0.717) is 40.2 Å². The molecule has 3 heterocycles. The third-order valence-corrected chi connectivity index (χ3v) is 10.7. The predicted molar refractivity (Wildman–Crippen MR) is 181 cm³/mol. The van der Waals surface area contributed by atoms with Gasteiger partial charge in [-0.3, -0.25) is 0 Å². The molecule has 0 unspecified atom stereocenters. The second-order valence-corrected chi connectivity index (χ2v) is 15.6. The molecule has 0 saturated carbocycles. The summed E-state index contributed by atoms with van der Waals surface area (Å²) in [5.74, 6) is 0.371. The second kappa shape index (κ2) is 13.4. The lowest BCUT2D eigenvalue weighted by atomic mass is 10.1. The molecule has 0 aliphatic carbocycles. The fourth-order valence-corrected chi connectivity index (χ4v) is 7.68. The van der Waals surface area contributed by atoms with Gasteiger partial charge >= 0.3 is 5.89 Å². The molecule has 5 aromatic rings. The van der Waals surface area contributed by atoms with Crippen LogP contribution >= 0.6 is 22.9 Å². The Morgan fingerprint density at radius 3 is 2.49 bits per heavy atom. The van der Waals surface area contributed by atoms with Crippen molar-refractivity contribution in [1.29, 1.82) is 0 Å². The molecule has 0 bridgehead atoms. The van der Waals surface area contributed by atoms with E-state index in [2.05, 4.69) is 18.2 Å². The van der Waals surface area contributed by atoms with Crippen LogP contribution in [0, 0.1) is 0 Å². The predicted octanol–water partition coefficient (Wildman–Crippen LogP) is 6.66. The van der Waals surface area contributed by atoms with Crippen molar-refractivity contribution in [2.75, 3.05) is 23.0 Å². The van der Waals surface area contributed by atoms with Crippen molar-refractivity contribution in [3.63, 3.8) is 0 Å². The number of thiophene rings is 1. The van der Waals surface area contributed by atoms with Crippen molar-refractivity contribution >= 4 is 76.1 Å². The van der Waals surface area contributed by atoms with Crippen molar-refractivity contribution in [3.05, 3.63) is 95.2 Å². The number of allylic oxidation sites excluding steroid dienone is 2. The van der Waals surface area contributed by atoms with Crippen molar-refractivity contribution < 1.29 is 39.7 Å². The molecule has 0 radical (unpaired) electrons. The summed E-state index contributed by atoms with van der Waals surface area (Å²) in [4.78, 5) is 2.85. The molecule has 0 N–H and O–H groups in total. The van der Waals surface area contributed by atoms with Gasteiger partial charge in [-0.15, -0.1) is 11.3 Å². The average molecular weight is 714 g/mol. The highest BCUT2D eigenvalue weighted by Gasteiger charge is 2.28. The van der Waals surface area contributed by atoms with Gasteiger partial charge in [0.1, 0.15) is 0 Å². The Balaban J connectivity index is 1.39. The minimum absolute atomic E-state index is 0.0813. The maximum atomic E-state index is 11.4. The molecule has 6 rings (SSSR count). The number of aryl methyl sites for hydroxylation is 1. The molecule has 0 spiro atoms. The zero-order chi connectivity index (χ0) is 33.3. The van der Waals surface area contributed by atoms with Gasteiger partial charge in [0.25, 0.3) is 5.52 Å². The highest BCUT2D eigenvalue weighted by molar-refractivity contribution is 7.85. The Labute approximate surface area is 281 Å². The fraction of sp³-hybridized carbons (Fsp3) is 0.242. The second-order valence-electron chi connectivity index (χ2n) is 11.1. The number of aromatic nitrogens is 1. The molecule has 0 amide bonds. The van der Waals surface area contributed by atoms with Gasteiger partial charge in [-0.25, -0.2) is 16.8 Å². The van der Waals surface area contributed by atoms with E-state index in [9.17, 15) is 25.9 Å². The van der Waals surface area contributed by atoms with Gasteiger partial charge in [0.15, 0.2) is 12.3 Å². The lowest BCUT2D eigenvalue weighted by molar-refractivity contribution is -0.677. The van der Waals surface area contributed by atoms with E-state index >= 15 is 0 Å². The Morgan fingerprint density at radius 1 is 0.979 bits per heavy atom. The van der Waals surface area contributed by atoms with Crippen LogP contribution in [0.3, 0.4) is 0 Å². The summed E-state index contributed by atoms with van der Waals surface area (Å²) < 4.78 is 83.6. The molecular weight excluding hydrogens is 684 g/mol. The Kier molecular flexibility index (Phi) is 9.47. The molecule has 0 fully saturated rings. The maximum absolute atomic E-state index is 11.4. The number of benzene rings is 3. The quantitative estimate of drug-likeness (QED) is 0.102. The summed E-state index contributed by atoms with van der Waals surface area (Å²) in [5.41, 5.74) is 3.75. The molecule has 0 saturated heterocycles. The molecule has 1 aliphatic heterocycles. The zero-order valence-corrected chi connectivity index (χ0v) is 28.4. The summed E-state index contributed by atoms with van der Waals surface area (Å²) in [6.07, 6.45) is 4.36. The van der Waals surface area contributed by atoms with Gasteiger partial charge < -0.3 is 23.2 Å². The topological polar surface area (TPSA) is 144 Å². The van der Waals surface area contributed by atoms with Crippen LogP contribution in [0.2, 0.25) is 5.02 Å². The third kappa shape index (κ3) is 7.88. The number of hydrogen-bond acceptors (Lipinski definition) is 10. The first-order valence-electron chi connectivity index (χ1n) is 14.9. The number of hydrogen-bond donors (Lipinski definition) is 0. The molecule has 14 heteroatoms. The van der Waals surface area contributed by atoms with Crippen molar-refractivity contribution in [2.24, 2.45) is 0 Å². The number of fused-ring (bicyclic) bond motifs is 3. The van der Waals surface area contributed by atoms with Crippen LogP contribution in [0.25, 0.3) is 37.7 Å². The molecular formula is C33H30ClN2O8S3-. The van der Waals surface area contributed by atoms with E-state index < -0.39 is 31.7 Å². The van der Waals surface area contributed by atoms with Gasteiger partial charge in [-0.05, 0) is 71.8 Å². The number of anilines is 1. The van der Waals surface area contributed by atoms with Crippen LogP contribution in [-0.4, -0.2) is 44.0 Å². The van der Waals surface area contributed by atoms with Crippen molar-refractivity contribution in [1.82, 2.24) is 0 Å². The minimum Gasteiger partial charge on any atom is -0.748 e. The number of oxazole rings is 1. The first kappa shape index (κ1) is 33.2. The van der Waals surface area contributed by atoms with Crippen LogP contribution in [0.4, 0.5) is 5.69 Å². The standard InChI is InChI=1S/C33H31ClN2O8S3/c1-2-22(18-33-36(14-6-16-47(40,41)42)27-21-25(34)10-12-29(27)44-33)17-32-35(13-5-15-46(37,38)39)26-19-24(9-11-28(26)43-32)31-20-23-7-3-4-8-30(23)45-31/h3-4,7-12,17-21H,2,5-6,13-16H2,1H3,(H-,37,38,39,40,41,42)/p-1. The summed E-state index contributed by atoms with van der Waals surface area (Å²) in [5, 5.41) is 1.61. The Bertz CT molecular complexity index is 2220. The Hall–Kier alpha value is -3.72. The van der Waals surface area contributed by atoms with Gasteiger partial charge in [-0.1, -0.05) is 36.7 Å². The molecule has 47 heavy (non-hydrogen) atoms. The van der Waals surface area contributed by atoms with Gasteiger partial charge in [0.05, 0.1) is 32.0 Å². The lowest BCUT2D eigenvalue weighted by Crippen LogP contribution is -2.36. The minimum atomic E-state index is -4.41. The highest BCUT2D eigenvalue weighted by Crippen LogP contribution is 2.41. The van der Waals surface area contributed by atoms with Crippen molar-refractivity contribution in [2.45, 2.75) is 32.7 Å². The first-order valence-corrected chi connectivity index (χ1v) is 19.2. The number of ether oxygens (including phenoxy) is 1. The normalized spacial score (nSPS) is 14.8. The lowest BCUT2D eigenvalue weighted by Gasteiger charge is -2.19. The van der Waals surface area contributed by atoms with Gasteiger partial charge in [0, 0.05) is 51.2 Å². The third-order valence-electron chi connectivity index (χ3n) is 7.71. The van der Waals surface area contributed by atoms with Gasteiger partial charge in [-0.2, -0.15) is 4.57 Å². The van der Waals surface area contributed by atoms with Crippen LogP contribution in [0.15, 0.2) is 88.7 Å². The summed E-state index contributed by atoms with van der Waals surface area (Å²) in [6, 6.07) is 21.2. The van der Waals surface area contributed by atoms with Crippen LogP contribution < -0.4 is 14.2 Å². The van der Waals surface area contributed by atoms with E-state index in [1.165, 1.54) is 0 Å². The van der Waals surface area contributed by atoms with Crippen molar-refractivity contribution in [3.8, 4) is 16.2 Å². The van der Waals surface area contributed by atoms with Crippen LogP contribution in [-0.2, 0) is 26.8 Å². The van der Waals surface area contributed by atoms with E-state index in [-0.39, 0.29) is 25.9 Å². The van der Waals surface area contributed by atoms with E-state index in [1.807, 2.05) is 54.0 Å². The summed E-state index contributed by atoms with van der Waals surface area (Å²) >= 11 is 7.92. The maximum Gasteiger partial charge on any atom is 0.374 e. The summed E-state index contributed by atoms with van der Waals surface area (Å²) in [6.45, 7) is 2.37. The smallest absolute Gasteiger partial charge is 0.374 e. The number of halogens is 1. The fourth-order valence-electron chi connectivity index (χ4n) is 5.49. The first-order chi connectivity index (χ1) is 22.4. The van der Waals surface area contributed by atoms with E-state index in [4.69, 9.17) is 20.8 Å². The summed E-state index contributed by atoms with van der Waals surface area (Å²) in [7, 11) is -8.81. The van der Waals surface area contributed by atoms with Gasteiger partial charge in [0.2, 0.25) is 11.5 Å². The average Bonchev–Trinajstić information content (AvgIpc) is 3.69. The molecule has 2 aromatic heterocycles. The van der Waals surface area contributed by atoms with E-state index in [1.54, 1.807) is 34.4 Å². The zero-order valence-electron chi connectivity index (χ0n) is 25.2. The molecule has 0 atom stereocenters.